The molecule has 138 valence electrons. The lowest BCUT2D eigenvalue weighted by Crippen LogP contribution is -2.44. The molecule has 2 aliphatic rings. The Morgan fingerprint density at radius 2 is 1.73 bits per heavy atom. The molecule has 3 atom stereocenters. The maximum atomic E-state index is 13.2. The van der Waals surface area contributed by atoms with Gasteiger partial charge in [-0.15, -0.1) is 12.4 Å². The topological polar surface area (TPSA) is 46.3 Å². The Bertz CT molecular complexity index is 749. The molecule has 0 radical (unpaired) electrons. The van der Waals surface area contributed by atoms with Gasteiger partial charge in [-0.2, -0.15) is 0 Å². The first-order valence-corrected chi connectivity index (χ1v) is 9.39. The average molecular weight is 371 g/mol. The second-order valence-corrected chi connectivity index (χ2v) is 7.50. The maximum absolute atomic E-state index is 13.2. The first kappa shape index (κ1) is 18.9. The van der Waals surface area contributed by atoms with Gasteiger partial charge in [0.2, 0.25) is 5.91 Å². The fourth-order valence-electron chi connectivity index (χ4n) is 4.46. The number of hydrogen-bond acceptors (Lipinski definition) is 2. The predicted molar refractivity (Wildman–Crippen MR) is 107 cm³/mol. The predicted octanol–water partition coefficient (Wildman–Crippen LogP) is 4.10. The summed E-state index contributed by atoms with van der Waals surface area (Å²) in [6.07, 6.45) is 3.96. The molecule has 2 aromatic rings. The third-order valence-corrected chi connectivity index (χ3v) is 5.77. The monoisotopic (exact) mass is 370 g/mol. The van der Waals surface area contributed by atoms with Crippen LogP contribution in [-0.4, -0.2) is 23.4 Å². The summed E-state index contributed by atoms with van der Waals surface area (Å²) in [5.41, 5.74) is 10.0. The van der Waals surface area contributed by atoms with E-state index in [9.17, 15) is 4.79 Å². The molecule has 26 heavy (non-hydrogen) atoms. The molecule has 1 aliphatic carbocycles. The van der Waals surface area contributed by atoms with Gasteiger partial charge in [-0.25, -0.2) is 0 Å². The summed E-state index contributed by atoms with van der Waals surface area (Å²) in [4.78, 5) is 15.2. The molecule has 1 saturated carbocycles. The summed E-state index contributed by atoms with van der Waals surface area (Å²) in [5.74, 6) is 0.656. The molecule has 1 aliphatic heterocycles. The fourth-order valence-corrected chi connectivity index (χ4v) is 4.46. The van der Waals surface area contributed by atoms with Crippen molar-refractivity contribution < 1.29 is 4.79 Å². The highest BCUT2D eigenvalue weighted by atomic mass is 35.5. The largest absolute Gasteiger partial charge is 0.337 e. The molecule has 0 aromatic heterocycles. The zero-order valence-corrected chi connectivity index (χ0v) is 15.8. The number of nitrogens with two attached hydrogens (primary N) is 1. The summed E-state index contributed by atoms with van der Waals surface area (Å²) in [5, 5.41) is 0. The standard InChI is InChI=1S/C22H26N2O.ClH/c23-19-11-6-10-17(13-19)22(25)24-14-18-9-4-5-12-20(18)21(15-24)16-7-2-1-3-8-16;/h1-5,7-9,12,17,19,21H,6,10-11,13-15,23H2;1H. The second kappa shape index (κ2) is 8.24. The van der Waals surface area contributed by atoms with Crippen LogP contribution >= 0.6 is 12.4 Å². The number of carbonyl (C=O) groups excluding carboxylic acids is 1. The van der Waals surface area contributed by atoms with Gasteiger partial charge in [-0.3, -0.25) is 4.79 Å². The molecule has 1 heterocycles. The van der Waals surface area contributed by atoms with Crippen molar-refractivity contribution in [1.29, 1.82) is 0 Å². The summed E-state index contributed by atoms with van der Waals surface area (Å²) in [6, 6.07) is 19.3. The lowest BCUT2D eigenvalue weighted by atomic mass is 9.82. The average Bonchev–Trinajstić information content (AvgIpc) is 2.67. The molecule has 4 heteroatoms. The molecule has 1 fully saturated rings. The van der Waals surface area contributed by atoms with Crippen LogP contribution in [0.5, 0.6) is 0 Å². The lowest BCUT2D eigenvalue weighted by Gasteiger charge is -2.38. The molecule has 4 rings (SSSR count). The summed E-state index contributed by atoms with van der Waals surface area (Å²) in [6.45, 7) is 1.50. The van der Waals surface area contributed by atoms with Crippen LogP contribution in [0.1, 0.15) is 48.3 Å². The van der Waals surface area contributed by atoms with Crippen LogP contribution in [0.4, 0.5) is 0 Å². The highest BCUT2D eigenvalue weighted by Crippen LogP contribution is 2.35. The third-order valence-electron chi connectivity index (χ3n) is 5.77. The van der Waals surface area contributed by atoms with E-state index in [1.165, 1.54) is 16.7 Å². The third kappa shape index (κ3) is 3.79. The molecule has 3 unspecified atom stereocenters. The van der Waals surface area contributed by atoms with Gasteiger partial charge in [0.25, 0.3) is 0 Å². The van der Waals surface area contributed by atoms with Crippen molar-refractivity contribution in [1.82, 2.24) is 4.90 Å². The minimum Gasteiger partial charge on any atom is -0.337 e. The number of benzene rings is 2. The Morgan fingerprint density at radius 3 is 2.50 bits per heavy atom. The summed E-state index contributed by atoms with van der Waals surface area (Å²) >= 11 is 0. The number of rotatable bonds is 2. The van der Waals surface area contributed by atoms with E-state index in [4.69, 9.17) is 5.73 Å². The van der Waals surface area contributed by atoms with Crippen LogP contribution in [0.2, 0.25) is 0 Å². The molecule has 2 N–H and O–H groups in total. The van der Waals surface area contributed by atoms with Crippen molar-refractivity contribution in [2.75, 3.05) is 6.54 Å². The van der Waals surface area contributed by atoms with Crippen molar-refractivity contribution in [2.24, 2.45) is 11.7 Å². The van der Waals surface area contributed by atoms with Gasteiger partial charge in [-0.05, 0) is 36.0 Å². The number of hydrogen-bond donors (Lipinski definition) is 1. The fraction of sp³-hybridized carbons (Fsp3) is 0.409. The van der Waals surface area contributed by atoms with E-state index in [0.29, 0.717) is 5.91 Å². The highest BCUT2D eigenvalue weighted by molar-refractivity contribution is 5.85. The molecule has 0 saturated heterocycles. The molecule has 2 aromatic carbocycles. The van der Waals surface area contributed by atoms with E-state index in [-0.39, 0.29) is 30.3 Å². The summed E-state index contributed by atoms with van der Waals surface area (Å²) in [7, 11) is 0. The lowest BCUT2D eigenvalue weighted by molar-refractivity contribution is -0.137. The second-order valence-electron chi connectivity index (χ2n) is 7.50. The first-order chi connectivity index (χ1) is 12.2. The normalized spacial score (nSPS) is 25.1. The molecule has 0 bridgehead atoms. The van der Waals surface area contributed by atoms with Crippen molar-refractivity contribution in [2.45, 2.75) is 44.2 Å². The number of carbonyl (C=O) groups is 1. The van der Waals surface area contributed by atoms with E-state index in [2.05, 4.69) is 53.4 Å². The molecular formula is C22H27ClN2O. The van der Waals surface area contributed by atoms with E-state index in [0.717, 1.165) is 38.8 Å². The van der Waals surface area contributed by atoms with Gasteiger partial charge < -0.3 is 10.6 Å². The minimum absolute atomic E-state index is 0. The van der Waals surface area contributed by atoms with E-state index < -0.39 is 0 Å². The van der Waals surface area contributed by atoms with E-state index >= 15 is 0 Å². The van der Waals surface area contributed by atoms with Crippen LogP contribution in [0.25, 0.3) is 0 Å². The Balaban J connectivity index is 0.00000196. The Kier molecular flexibility index (Phi) is 6.00. The highest BCUT2D eigenvalue weighted by Gasteiger charge is 2.34. The van der Waals surface area contributed by atoms with Gasteiger partial charge in [0.15, 0.2) is 0 Å². The Labute approximate surface area is 162 Å². The first-order valence-electron chi connectivity index (χ1n) is 9.39. The van der Waals surface area contributed by atoms with Crippen molar-refractivity contribution in [3.63, 3.8) is 0 Å². The molecule has 0 spiro atoms. The minimum atomic E-state index is 0. The Hall–Kier alpha value is -1.84. The van der Waals surface area contributed by atoms with Crippen LogP contribution in [0.15, 0.2) is 54.6 Å². The zero-order valence-electron chi connectivity index (χ0n) is 15.0. The van der Waals surface area contributed by atoms with Crippen LogP contribution in [0, 0.1) is 5.92 Å². The Morgan fingerprint density at radius 1 is 1.00 bits per heavy atom. The van der Waals surface area contributed by atoms with Crippen molar-refractivity contribution in [3.8, 4) is 0 Å². The van der Waals surface area contributed by atoms with Crippen LogP contribution in [-0.2, 0) is 11.3 Å². The van der Waals surface area contributed by atoms with E-state index in [1.54, 1.807) is 0 Å². The van der Waals surface area contributed by atoms with Gasteiger partial charge in [0.1, 0.15) is 0 Å². The zero-order chi connectivity index (χ0) is 17.2. The number of amides is 1. The van der Waals surface area contributed by atoms with Crippen LogP contribution < -0.4 is 5.73 Å². The van der Waals surface area contributed by atoms with Gasteiger partial charge in [0, 0.05) is 31.0 Å². The molecule has 1 amide bonds. The number of halogens is 1. The number of fused-ring (bicyclic) bond motifs is 1. The molecular weight excluding hydrogens is 344 g/mol. The smallest absolute Gasteiger partial charge is 0.226 e. The number of nitrogens with zero attached hydrogens (tertiary/aromatic N) is 1. The quantitative estimate of drug-likeness (QED) is 0.865. The van der Waals surface area contributed by atoms with Crippen LogP contribution in [0.3, 0.4) is 0 Å². The SMILES string of the molecule is Cl.NC1CCCC(C(=O)N2Cc3ccccc3C(c3ccccc3)C2)C1. The van der Waals surface area contributed by atoms with E-state index in [1.807, 2.05) is 6.07 Å². The molecule has 3 nitrogen and oxygen atoms in total. The van der Waals surface area contributed by atoms with Gasteiger partial charge in [0.05, 0.1) is 0 Å². The van der Waals surface area contributed by atoms with Gasteiger partial charge in [-0.1, -0.05) is 61.0 Å². The van der Waals surface area contributed by atoms with Crippen molar-refractivity contribution in [3.05, 3.63) is 71.3 Å². The van der Waals surface area contributed by atoms with Crippen molar-refractivity contribution >= 4 is 18.3 Å². The summed E-state index contributed by atoms with van der Waals surface area (Å²) < 4.78 is 0. The van der Waals surface area contributed by atoms with Gasteiger partial charge >= 0.3 is 0 Å². The maximum Gasteiger partial charge on any atom is 0.226 e.